The lowest BCUT2D eigenvalue weighted by Crippen LogP contribution is -2.47. The fourth-order valence-electron chi connectivity index (χ4n) is 3.50. The maximum atomic E-state index is 13.4. The third-order valence-electron chi connectivity index (χ3n) is 5.16. The van der Waals surface area contributed by atoms with Crippen molar-refractivity contribution >= 4 is 17.6 Å². The molecular weight excluding hydrogens is 409 g/mol. The second-order valence-electron chi connectivity index (χ2n) is 7.30. The van der Waals surface area contributed by atoms with Gasteiger partial charge in [-0.2, -0.15) is 0 Å². The van der Waals surface area contributed by atoms with Crippen molar-refractivity contribution in [3.05, 3.63) is 65.5 Å². The number of rotatable bonds is 7. The van der Waals surface area contributed by atoms with E-state index in [1.165, 1.54) is 12.1 Å². The van der Waals surface area contributed by atoms with Crippen LogP contribution in [0.15, 0.2) is 53.5 Å². The van der Waals surface area contributed by atoms with Crippen molar-refractivity contribution in [2.24, 2.45) is 4.99 Å². The minimum atomic E-state index is -0.265. The molecule has 2 aromatic rings. The Hall–Kier alpha value is -3.41. The van der Waals surface area contributed by atoms with E-state index in [1.807, 2.05) is 0 Å². The summed E-state index contributed by atoms with van der Waals surface area (Å²) >= 11 is 0. The molecule has 8 heteroatoms. The molecule has 1 aliphatic rings. The average molecular weight is 438 g/mol. The van der Waals surface area contributed by atoms with E-state index >= 15 is 0 Å². The summed E-state index contributed by atoms with van der Waals surface area (Å²) in [6, 6.07) is 13.6. The van der Waals surface area contributed by atoms with Crippen LogP contribution in [0.25, 0.3) is 0 Å². The van der Waals surface area contributed by atoms with Crippen LogP contribution in [-0.2, 0) is 9.53 Å². The SMILES string of the molecule is C#Cc1cccc(NC(=O)CNC(=NC)NCC(c2ccc(F)cc2)N2CCOCC2)c1. The molecule has 2 aromatic carbocycles. The minimum Gasteiger partial charge on any atom is -0.379 e. The lowest BCUT2D eigenvalue weighted by Gasteiger charge is -2.35. The van der Waals surface area contributed by atoms with Crippen molar-refractivity contribution in [2.45, 2.75) is 6.04 Å². The van der Waals surface area contributed by atoms with Crippen molar-refractivity contribution < 1.29 is 13.9 Å². The standard InChI is InChI=1S/C24H28FN5O2/c1-3-18-5-4-6-21(15-18)29-23(31)17-28-24(26-2)27-16-22(30-11-13-32-14-12-30)19-7-9-20(25)10-8-19/h1,4-10,15,22H,11-14,16-17H2,2H3,(H,29,31)(H2,26,27,28). The molecule has 3 N–H and O–H groups in total. The smallest absolute Gasteiger partial charge is 0.243 e. The van der Waals surface area contributed by atoms with Gasteiger partial charge in [-0.3, -0.25) is 14.7 Å². The van der Waals surface area contributed by atoms with Crippen LogP contribution in [0.4, 0.5) is 10.1 Å². The van der Waals surface area contributed by atoms with E-state index in [9.17, 15) is 9.18 Å². The number of morpholine rings is 1. The van der Waals surface area contributed by atoms with E-state index in [2.05, 4.69) is 31.8 Å². The highest BCUT2D eigenvalue weighted by Gasteiger charge is 2.23. The van der Waals surface area contributed by atoms with Gasteiger partial charge in [0.25, 0.3) is 0 Å². The molecule has 0 radical (unpaired) electrons. The molecular formula is C24H28FN5O2. The predicted molar refractivity (Wildman–Crippen MR) is 124 cm³/mol. The largest absolute Gasteiger partial charge is 0.379 e. The van der Waals surface area contributed by atoms with Gasteiger partial charge in [-0.1, -0.05) is 24.1 Å². The molecule has 168 valence electrons. The van der Waals surface area contributed by atoms with E-state index in [0.29, 0.717) is 37.0 Å². The number of nitrogens with one attached hydrogen (secondary N) is 3. The number of halogens is 1. The number of carbonyl (C=O) groups is 1. The Morgan fingerprint density at radius 2 is 1.97 bits per heavy atom. The van der Waals surface area contributed by atoms with Gasteiger partial charge in [-0.05, 0) is 35.9 Å². The lowest BCUT2D eigenvalue weighted by molar-refractivity contribution is -0.115. The Balaban J connectivity index is 1.56. The number of terminal acetylenes is 1. The van der Waals surface area contributed by atoms with Crippen LogP contribution in [0.5, 0.6) is 0 Å². The zero-order chi connectivity index (χ0) is 22.8. The van der Waals surface area contributed by atoms with Gasteiger partial charge in [-0.25, -0.2) is 4.39 Å². The number of amides is 1. The second kappa shape index (κ2) is 11.8. The van der Waals surface area contributed by atoms with E-state index in [-0.39, 0.29) is 24.3 Å². The Kier molecular flexibility index (Phi) is 8.61. The zero-order valence-electron chi connectivity index (χ0n) is 18.1. The highest BCUT2D eigenvalue weighted by atomic mass is 19.1. The molecule has 1 fully saturated rings. The van der Waals surface area contributed by atoms with E-state index in [1.54, 1.807) is 43.4 Å². The van der Waals surface area contributed by atoms with Gasteiger partial charge in [0, 0.05) is 37.9 Å². The molecule has 1 heterocycles. The first-order chi connectivity index (χ1) is 15.6. The quantitative estimate of drug-likeness (QED) is 0.351. The maximum Gasteiger partial charge on any atom is 0.243 e. The van der Waals surface area contributed by atoms with E-state index < -0.39 is 0 Å². The number of hydrogen-bond donors (Lipinski definition) is 3. The predicted octanol–water partition coefficient (Wildman–Crippen LogP) is 1.98. The Morgan fingerprint density at radius 3 is 2.66 bits per heavy atom. The molecule has 32 heavy (non-hydrogen) atoms. The van der Waals surface area contributed by atoms with Gasteiger partial charge < -0.3 is 20.7 Å². The van der Waals surface area contributed by atoms with Gasteiger partial charge in [-0.15, -0.1) is 6.42 Å². The molecule has 1 unspecified atom stereocenters. The van der Waals surface area contributed by atoms with Crippen molar-refractivity contribution in [3.8, 4) is 12.3 Å². The highest BCUT2D eigenvalue weighted by molar-refractivity contribution is 5.95. The first kappa shape index (κ1) is 23.3. The van der Waals surface area contributed by atoms with Gasteiger partial charge in [0.1, 0.15) is 5.82 Å². The summed E-state index contributed by atoms with van der Waals surface area (Å²) in [5.41, 5.74) is 2.34. The monoisotopic (exact) mass is 437 g/mol. The summed E-state index contributed by atoms with van der Waals surface area (Å²) in [5, 5.41) is 9.10. The molecule has 1 aliphatic heterocycles. The number of aliphatic imine (C=N–C) groups is 1. The summed E-state index contributed by atoms with van der Waals surface area (Å²) < 4.78 is 18.9. The van der Waals surface area contributed by atoms with Crippen molar-refractivity contribution in [1.29, 1.82) is 0 Å². The molecule has 0 bridgehead atoms. The van der Waals surface area contributed by atoms with Gasteiger partial charge in [0.15, 0.2) is 5.96 Å². The number of carbonyl (C=O) groups excluding carboxylic acids is 1. The molecule has 3 rings (SSSR count). The second-order valence-corrected chi connectivity index (χ2v) is 7.30. The van der Waals surface area contributed by atoms with Crippen LogP contribution < -0.4 is 16.0 Å². The number of ether oxygens (including phenoxy) is 1. The highest BCUT2D eigenvalue weighted by Crippen LogP contribution is 2.21. The number of nitrogens with zero attached hydrogens (tertiary/aromatic N) is 2. The normalized spacial score (nSPS) is 15.5. The third kappa shape index (κ3) is 6.80. The summed E-state index contributed by atoms with van der Waals surface area (Å²) in [6.45, 7) is 3.47. The molecule has 7 nitrogen and oxygen atoms in total. The molecule has 0 aliphatic carbocycles. The van der Waals surface area contributed by atoms with Crippen LogP contribution >= 0.6 is 0 Å². The van der Waals surface area contributed by atoms with Gasteiger partial charge in [0.2, 0.25) is 5.91 Å². The fraction of sp³-hybridized carbons (Fsp3) is 0.333. The Labute approximate surface area is 188 Å². The number of benzene rings is 2. The Bertz CT molecular complexity index is 965. The van der Waals surface area contributed by atoms with E-state index in [0.717, 1.165) is 18.7 Å². The molecule has 1 amide bonds. The first-order valence-electron chi connectivity index (χ1n) is 10.5. The average Bonchev–Trinajstić information content (AvgIpc) is 2.83. The number of anilines is 1. The topological polar surface area (TPSA) is 78.0 Å². The third-order valence-corrected chi connectivity index (χ3v) is 5.16. The van der Waals surface area contributed by atoms with Crippen molar-refractivity contribution in [1.82, 2.24) is 15.5 Å². The van der Waals surface area contributed by atoms with Gasteiger partial charge >= 0.3 is 0 Å². The maximum absolute atomic E-state index is 13.4. The molecule has 1 atom stereocenters. The van der Waals surface area contributed by atoms with Crippen LogP contribution in [-0.4, -0.2) is 63.2 Å². The molecule has 1 saturated heterocycles. The molecule has 0 aromatic heterocycles. The number of hydrogen-bond acceptors (Lipinski definition) is 4. The number of guanidine groups is 1. The van der Waals surface area contributed by atoms with Gasteiger partial charge in [0.05, 0.1) is 25.8 Å². The minimum absolute atomic E-state index is 0.0124. The summed E-state index contributed by atoms with van der Waals surface area (Å²) in [6.07, 6.45) is 5.40. The summed E-state index contributed by atoms with van der Waals surface area (Å²) in [5.74, 6) is 2.56. The molecule has 0 spiro atoms. The van der Waals surface area contributed by atoms with Crippen LogP contribution in [0.1, 0.15) is 17.2 Å². The zero-order valence-corrected chi connectivity index (χ0v) is 18.1. The van der Waals surface area contributed by atoms with E-state index in [4.69, 9.17) is 11.2 Å². The first-order valence-corrected chi connectivity index (χ1v) is 10.5. The lowest BCUT2D eigenvalue weighted by atomic mass is 10.0. The fourth-order valence-corrected chi connectivity index (χ4v) is 3.50. The Morgan fingerprint density at radius 1 is 1.22 bits per heavy atom. The van der Waals surface area contributed by atoms with Crippen LogP contribution in [0.3, 0.4) is 0 Å². The molecule has 0 saturated carbocycles. The van der Waals surface area contributed by atoms with Crippen LogP contribution in [0, 0.1) is 18.2 Å². The van der Waals surface area contributed by atoms with Crippen molar-refractivity contribution in [3.63, 3.8) is 0 Å². The van der Waals surface area contributed by atoms with Crippen LogP contribution in [0.2, 0.25) is 0 Å². The van der Waals surface area contributed by atoms with Crippen molar-refractivity contribution in [2.75, 3.05) is 51.8 Å². The summed E-state index contributed by atoms with van der Waals surface area (Å²) in [7, 11) is 1.64. The summed E-state index contributed by atoms with van der Waals surface area (Å²) in [4.78, 5) is 18.8.